The van der Waals surface area contributed by atoms with Crippen LogP contribution in [0.25, 0.3) is 0 Å². The summed E-state index contributed by atoms with van der Waals surface area (Å²) in [7, 11) is 1.36. The summed E-state index contributed by atoms with van der Waals surface area (Å²) in [5, 5.41) is 0. The number of aryl methyl sites for hydroxylation is 1. The molecule has 0 bridgehead atoms. The lowest BCUT2D eigenvalue weighted by Crippen LogP contribution is -2.48. The van der Waals surface area contributed by atoms with Crippen LogP contribution in [0.4, 0.5) is 0 Å². The molecule has 5 nitrogen and oxygen atoms in total. The van der Waals surface area contributed by atoms with E-state index in [0.717, 1.165) is 4.88 Å². The number of nitrogens with zero attached hydrogens (tertiary/aromatic N) is 1. The molecular formula is C14H19NO4S. The fourth-order valence-electron chi connectivity index (χ4n) is 2.25. The summed E-state index contributed by atoms with van der Waals surface area (Å²) in [6.07, 6.45) is 0.159. The van der Waals surface area contributed by atoms with E-state index in [1.165, 1.54) is 18.4 Å². The molecule has 1 fully saturated rings. The highest BCUT2D eigenvalue weighted by molar-refractivity contribution is 7.14. The highest BCUT2D eigenvalue weighted by Gasteiger charge is 2.30. The van der Waals surface area contributed by atoms with E-state index >= 15 is 0 Å². The van der Waals surface area contributed by atoms with Crippen molar-refractivity contribution in [2.24, 2.45) is 0 Å². The van der Waals surface area contributed by atoms with Gasteiger partial charge in [0.25, 0.3) is 0 Å². The van der Waals surface area contributed by atoms with Crippen LogP contribution in [0.2, 0.25) is 0 Å². The number of ketones is 1. The smallest absolute Gasteiger partial charge is 0.323 e. The summed E-state index contributed by atoms with van der Waals surface area (Å²) in [5.74, 6) is -0.362. The third kappa shape index (κ3) is 3.65. The quantitative estimate of drug-likeness (QED) is 0.609. The van der Waals surface area contributed by atoms with Crippen LogP contribution in [0, 0.1) is 6.92 Å². The predicted octanol–water partition coefficient (Wildman–Crippen LogP) is 1.50. The minimum atomic E-state index is -0.515. The first kappa shape index (κ1) is 15.2. The van der Waals surface area contributed by atoms with E-state index in [-0.39, 0.29) is 18.2 Å². The molecule has 0 N–H and O–H groups in total. The number of hydrogen-bond donors (Lipinski definition) is 0. The van der Waals surface area contributed by atoms with Crippen molar-refractivity contribution in [3.05, 3.63) is 21.9 Å². The molecule has 0 spiro atoms. The number of hydrogen-bond acceptors (Lipinski definition) is 6. The average Bonchev–Trinajstić information content (AvgIpc) is 2.91. The highest BCUT2D eigenvalue weighted by atomic mass is 32.1. The maximum atomic E-state index is 12.3. The maximum Gasteiger partial charge on any atom is 0.323 e. The first-order valence-corrected chi connectivity index (χ1v) is 7.42. The normalized spacial score (nSPS) is 17.7. The second-order valence-corrected chi connectivity index (χ2v) is 6.01. The molecule has 110 valence electrons. The van der Waals surface area contributed by atoms with Gasteiger partial charge in [-0.05, 0) is 19.1 Å². The van der Waals surface area contributed by atoms with Gasteiger partial charge in [0, 0.05) is 24.4 Å². The molecule has 1 saturated heterocycles. The van der Waals surface area contributed by atoms with E-state index in [2.05, 4.69) is 0 Å². The number of esters is 1. The summed E-state index contributed by atoms with van der Waals surface area (Å²) >= 11 is 1.46. The van der Waals surface area contributed by atoms with Gasteiger partial charge >= 0.3 is 5.97 Å². The molecule has 1 aliphatic rings. The van der Waals surface area contributed by atoms with E-state index in [4.69, 9.17) is 9.47 Å². The van der Waals surface area contributed by atoms with Gasteiger partial charge in [-0.2, -0.15) is 0 Å². The van der Waals surface area contributed by atoms with Crippen molar-refractivity contribution < 1.29 is 19.1 Å². The van der Waals surface area contributed by atoms with Gasteiger partial charge in [-0.25, -0.2) is 0 Å². The molecule has 0 saturated carbocycles. The van der Waals surface area contributed by atoms with Gasteiger partial charge < -0.3 is 9.47 Å². The van der Waals surface area contributed by atoms with Crippen LogP contribution < -0.4 is 0 Å². The lowest BCUT2D eigenvalue weighted by Gasteiger charge is -2.32. The van der Waals surface area contributed by atoms with Crippen molar-refractivity contribution in [2.75, 3.05) is 33.4 Å². The zero-order chi connectivity index (χ0) is 14.5. The molecule has 1 aromatic rings. The van der Waals surface area contributed by atoms with Gasteiger partial charge in [0.2, 0.25) is 0 Å². The summed E-state index contributed by atoms with van der Waals surface area (Å²) in [5.41, 5.74) is 0. The number of thiophene rings is 1. The summed E-state index contributed by atoms with van der Waals surface area (Å²) < 4.78 is 10.1. The Kier molecular flexibility index (Phi) is 5.28. The van der Waals surface area contributed by atoms with Crippen LogP contribution in [-0.4, -0.2) is 56.1 Å². The number of carbonyl (C=O) groups excluding carboxylic acids is 2. The second-order valence-electron chi connectivity index (χ2n) is 4.72. The van der Waals surface area contributed by atoms with Gasteiger partial charge in [-0.3, -0.25) is 14.5 Å². The van der Waals surface area contributed by atoms with Gasteiger partial charge in [0.1, 0.15) is 6.04 Å². The molecule has 0 aromatic carbocycles. The SMILES string of the molecule is COC(=O)C(CC(=O)c1ccc(C)s1)N1CCOCC1. The zero-order valence-corrected chi connectivity index (χ0v) is 12.6. The lowest BCUT2D eigenvalue weighted by atomic mass is 10.1. The molecule has 1 aromatic heterocycles. The fourth-order valence-corrected chi connectivity index (χ4v) is 3.06. The number of carbonyl (C=O) groups is 2. The highest BCUT2D eigenvalue weighted by Crippen LogP contribution is 2.19. The molecule has 0 radical (unpaired) electrons. The lowest BCUT2D eigenvalue weighted by molar-refractivity contribution is -0.148. The van der Waals surface area contributed by atoms with Crippen molar-refractivity contribution in [1.82, 2.24) is 4.90 Å². The second kappa shape index (κ2) is 6.97. The van der Waals surface area contributed by atoms with Crippen molar-refractivity contribution in [2.45, 2.75) is 19.4 Å². The monoisotopic (exact) mass is 297 g/mol. The Bertz CT molecular complexity index is 479. The van der Waals surface area contributed by atoms with Crippen molar-refractivity contribution >= 4 is 23.1 Å². The van der Waals surface area contributed by atoms with Gasteiger partial charge in [0.05, 0.1) is 25.2 Å². The van der Waals surface area contributed by atoms with E-state index in [9.17, 15) is 9.59 Å². The molecule has 1 atom stereocenters. The van der Waals surface area contributed by atoms with Gasteiger partial charge in [0.15, 0.2) is 5.78 Å². The molecule has 0 aliphatic carbocycles. The number of ether oxygens (including phenoxy) is 2. The van der Waals surface area contributed by atoms with Crippen LogP contribution in [-0.2, 0) is 14.3 Å². The Morgan fingerprint density at radius 3 is 2.65 bits per heavy atom. The summed E-state index contributed by atoms with van der Waals surface area (Å²) in [6.45, 7) is 4.42. The minimum absolute atomic E-state index is 0.00927. The average molecular weight is 297 g/mol. The van der Waals surface area contributed by atoms with Crippen molar-refractivity contribution in [1.29, 1.82) is 0 Å². The standard InChI is InChI=1S/C14H19NO4S/c1-10-3-4-13(20-10)12(16)9-11(14(17)18-2)15-5-7-19-8-6-15/h3-4,11H,5-9H2,1-2H3. The number of methoxy groups -OCH3 is 1. The van der Waals surface area contributed by atoms with E-state index in [0.29, 0.717) is 31.2 Å². The van der Waals surface area contributed by atoms with Crippen LogP contribution in [0.3, 0.4) is 0 Å². The topological polar surface area (TPSA) is 55.8 Å². The van der Waals surface area contributed by atoms with Crippen molar-refractivity contribution in [3.8, 4) is 0 Å². The number of Topliss-reactive ketones (excluding diaryl/α,β-unsaturated/α-hetero) is 1. The molecule has 0 amide bonds. The molecule has 2 heterocycles. The molecule has 6 heteroatoms. The largest absolute Gasteiger partial charge is 0.468 e. The zero-order valence-electron chi connectivity index (χ0n) is 11.8. The van der Waals surface area contributed by atoms with Crippen LogP contribution in [0.5, 0.6) is 0 Å². The van der Waals surface area contributed by atoms with Crippen LogP contribution >= 0.6 is 11.3 Å². The maximum absolute atomic E-state index is 12.3. The Balaban J connectivity index is 2.07. The minimum Gasteiger partial charge on any atom is -0.468 e. The Hall–Kier alpha value is -1.24. The number of rotatable bonds is 5. The molecule has 2 rings (SSSR count). The molecule has 20 heavy (non-hydrogen) atoms. The Morgan fingerprint density at radius 2 is 2.10 bits per heavy atom. The Morgan fingerprint density at radius 1 is 1.40 bits per heavy atom. The number of morpholine rings is 1. The third-order valence-corrected chi connectivity index (χ3v) is 4.40. The van der Waals surface area contributed by atoms with E-state index in [1.54, 1.807) is 0 Å². The van der Waals surface area contributed by atoms with Gasteiger partial charge in [-0.1, -0.05) is 0 Å². The van der Waals surface area contributed by atoms with Crippen LogP contribution in [0.15, 0.2) is 12.1 Å². The van der Waals surface area contributed by atoms with E-state index in [1.807, 2.05) is 24.0 Å². The van der Waals surface area contributed by atoms with Crippen molar-refractivity contribution in [3.63, 3.8) is 0 Å². The predicted molar refractivity (Wildman–Crippen MR) is 76.2 cm³/mol. The first-order valence-electron chi connectivity index (χ1n) is 6.61. The summed E-state index contributed by atoms with van der Waals surface area (Å²) in [6, 6.07) is 3.22. The third-order valence-electron chi connectivity index (χ3n) is 3.35. The van der Waals surface area contributed by atoms with Gasteiger partial charge in [-0.15, -0.1) is 11.3 Å². The first-order chi connectivity index (χ1) is 9.61. The fraction of sp³-hybridized carbons (Fsp3) is 0.571. The molecule has 1 unspecified atom stereocenters. The van der Waals surface area contributed by atoms with Crippen LogP contribution in [0.1, 0.15) is 21.0 Å². The Labute approximate surface area is 122 Å². The molecular weight excluding hydrogens is 278 g/mol. The summed E-state index contributed by atoms with van der Waals surface area (Å²) in [4.78, 5) is 28.0. The molecule has 1 aliphatic heterocycles. The van der Waals surface area contributed by atoms with E-state index < -0.39 is 6.04 Å².